The Bertz CT molecular complexity index is 2520. The Kier molecular flexibility index (Phi) is 68.2. The van der Waals surface area contributed by atoms with Crippen molar-refractivity contribution < 1.29 is 80.2 Å². The maximum Gasteiger partial charge on any atom is 0.472 e. The first-order valence-electron chi connectivity index (χ1n) is 37.7. The molecule has 0 aromatic heterocycles. The second-order valence-corrected chi connectivity index (χ2v) is 27.3. The number of allylic oxidation sites excluding steroid dienone is 26. The van der Waals surface area contributed by atoms with Crippen LogP contribution in [0.25, 0.3) is 0 Å². The van der Waals surface area contributed by atoms with Crippen molar-refractivity contribution in [1.29, 1.82) is 0 Å². The molecule has 0 aliphatic rings. The van der Waals surface area contributed by atoms with Crippen molar-refractivity contribution in [3.63, 3.8) is 0 Å². The van der Waals surface area contributed by atoms with Crippen LogP contribution in [0, 0.1) is 0 Å². The van der Waals surface area contributed by atoms with Gasteiger partial charge in [0, 0.05) is 25.7 Å². The van der Waals surface area contributed by atoms with Crippen molar-refractivity contribution in [2.24, 2.45) is 0 Å². The normalized spacial score (nSPS) is 14.8. The zero-order chi connectivity index (χ0) is 73.2. The zero-order valence-electron chi connectivity index (χ0n) is 61.8. The summed E-state index contributed by atoms with van der Waals surface area (Å²) in [6.45, 7) is 4.32. The molecule has 568 valence electrons. The first-order chi connectivity index (χ1) is 48.7. The van der Waals surface area contributed by atoms with E-state index in [-0.39, 0.29) is 25.7 Å². The molecule has 0 amide bonds. The fourth-order valence-electron chi connectivity index (χ4n) is 9.32. The van der Waals surface area contributed by atoms with Gasteiger partial charge in [-0.1, -0.05) is 250 Å². The van der Waals surface area contributed by atoms with Crippen LogP contribution in [0.5, 0.6) is 0 Å². The van der Waals surface area contributed by atoms with E-state index in [1.807, 2.05) is 12.2 Å². The fraction of sp³-hybridized carbons (Fsp3) is 0.630. The third-order valence-corrected chi connectivity index (χ3v) is 16.9. The average molecular weight is 1440 g/mol. The second-order valence-electron chi connectivity index (χ2n) is 24.4. The van der Waals surface area contributed by atoms with Crippen molar-refractivity contribution in [1.82, 2.24) is 0 Å². The maximum absolute atomic E-state index is 13.1. The molecule has 0 saturated carbocycles. The Morgan fingerprint density at radius 3 is 0.840 bits per heavy atom. The molecule has 0 fully saturated rings. The van der Waals surface area contributed by atoms with Gasteiger partial charge < -0.3 is 33.8 Å². The molecule has 100 heavy (non-hydrogen) atoms. The van der Waals surface area contributed by atoms with Crippen molar-refractivity contribution in [3.8, 4) is 0 Å². The van der Waals surface area contributed by atoms with Gasteiger partial charge in [0.1, 0.15) is 19.3 Å². The van der Waals surface area contributed by atoms with Gasteiger partial charge in [0.2, 0.25) is 0 Å². The van der Waals surface area contributed by atoms with E-state index in [9.17, 15) is 43.2 Å². The molecule has 0 rings (SSSR count). The number of phosphoric acid groups is 2. The third-order valence-electron chi connectivity index (χ3n) is 14.9. The molecule has 3 N–H and O–H groups in total. The second kappa shape index (κ2) is 72.0. The lowest BCUT2D eigenvalue weighted by molar-refractivity contribution is -0.161. The van der Waals surface area contributed by atoms with Gasteiger partial charge in [-0.3, -0.25) is 37.3 Å². The SMILES string of the molecule is CC/C=C\C/C=C\C/C=C\C/C=C\C/C=C\CCCC(=O)OCC(COP(=O)(O)OCC(O)COP(=O)(O)OCC(COC(=O)CCCCCCC/C=C\C/C=C\C/C=C\CC)OC(=O)CCCCCCC/C=C\C/C=C\CCC)OC(=O)CCCCCCC/C=C\C/C=C\C/C=C\CC. The Morgan fingerprint density at radius 1 is 0.290 bits per heavy atom. The average Bonchev–Trinajstić information content (AvgIpc) is 1.06. The molecule has 0 aromatic carbocycles. The zero-order valence-corrected chi connectivity index (χ0v) is 63.6. The molecule has 5 atom stereocenters. The number of aliphatic hydroxyl groups is 1. The number of hydrogen-bond donors (Lipinski definition) is 3. The van der Waals surface area contributed by atoms with Gasteiger partial charge >= 0.3 is 39.5 Å². The predicted octanol–water partition coefficient (Wildman–Crippen LogP) is 21.7. The van der Waals surface area contributed by atoms with Gasteiger partial charge in [-0.2, -0.15) is 0 Å². The van der Waals surface area contributed by atoms with Crippen LogP contribution in [-0.2, 0) is 65.4 Å². The van der Waals surface area contributed by atoms with Crippen molar-refractivity contribution in [2.45, 2.75) is 290 Å². The van der Waals surface area contributed by atoms with Crippen LogP contribution in [0.3, 0.4) is 0 Å². The molecule has 17 nitrogen and oxygen atoms in total. The van der Waals surface area contributed by atoms with Crippen molar-refractivity contribution in [3.05, 3.63) is 158 Å². The molecule has 5 unspecified atom stereocenters. The number of carbonyl (C=O) groups is 4. The predicted molar refractivity (Wildman–Crippen MR) is 408 cm³/mol. The van der Waals surface area contributed by atoms with Crippen LogP contribution < -0.4 is 0 Å². The molecule has 19 heteroatoms. The molecule has 0 radical (unpaired) electrons. The summed E-state index contributed by atoms with van der Waals surface area (Å²) in [6.07, 6.45) is 82.4. The summed E-state index contributed by atoms with van der Waals surface area (Å²) in [5.41, 5.74) is 0. The van der Waals surface area contributed by atoms with Gasteiger partial charge in [0.15, 0.2) is 12.2 Å². The quantitative estimate of drug-likeness (QED) is 0.0169. The highest BCUT2D eigenvalue weighted by atomic mass is 31.2. The standard InChI is InChI=1S/C81H132O17P2/c1-5-9-13-17-21-25-29-33-36-37-40-43-46-50-54-58-62-66-79(84)92-72-77(98-81(86)68-64-60-56-52-48-44-39-35-31-27-23-19-15-11-7-3)74-96-100(89,90)94-70-75(82)69-93-99(87,88)95-73-76(97-80(85)67-63-59-55-51-47-41-32-28-24-20-16-12-8-4)71-91-78(83)65-61-57-53-49-45-42-38-34-30-26-22-18-14-10-6-2/h9-11,13-16,20-23,25-28,32-36,38-40,43,50,54,75-77,82H,5-8,12,17-19,24,29-31,37,41-42,44-49,51-53,55-74H2,1-4H3,(H,87,88)(H,89,90)/b13-9-,14-10-,15-11-,20-16-,25-21-,26-22-,27-23-,32-28-,36-33-,38-34-,39-35-,43-40-,54-50-. The largest absolute Gasteiger partial charge is 0.472 e. The van der Waals surface area contributed by atoms with E-state index < -0.39 is 97.5 Å². The van der Waals surface area contributed by atoms with E-state index in [2.05, 4.69) is 174 Å². The van der Waals surface area contributed by atoms with E-state index in [1.165, 1.54) is 0 Å². The number of aliphatic hydroxyl groups excluding tert-OH is 1. The Balaban J connectivity index is 5.45. The molecular formula is C81H132O17P2. The molecule has 0 aliphatic carbocycles. The number of carbonyl (C=O) groups excluding carboxylic acids is 4. The van der Waals surface area contributed by atoms with Crippen LogP contribution in [0.4, 0.5) is 0 Å². The van der Waals surface area contributed by atoms with E-state index in [1.54, 1.807) is 0 Å². The third kappa shape index (κ3) is 71.1. The van der Waals surface area contributed by atoms with E-state index in [0.29, 0.717) is 32.1 Å². The topological polar surface area (TPSA) is 237 Å². The number of ether oxygens (including phenoxy) is 4. The van der Waals surface area contributed by atoms with E-state index >= 15 is 0 Å². The van der Waals surface area contributed by atoms with E-state index in [4.69, 9.17) is 37.0 Å². The summed E-state index contributed by atoms with van der Waals surface area (Å²) in [5.74, 6) is -2.31. The van der Waals surface area contributed by atoms with Gasteiger partial charge in [0.25, 0.3) is 0 Å². The van der Waals surface area contributed by atoms with E-state index in [0.717, 1.165) is 186 Å². The van der Waals surface area contributed by atoms with Crippen LogP contribution in [0.15, 0.2) is 158 Å². The van der Waals surface area contributed by atoms with Gasteiger partial charge in [-0.15, -0.1) is 0 Å². The summed E-state index contributed by atoms with van der Waals surface area (Å²) >= 11 is 0. The van der Waals surface area contributed by atoms with Gasteiger partial charge in [0.05, 0.1) is 26.4 Å². The highest BCUT2D eigenvalue weighted by Gasteiger charge is 2.30. The molecular weight excluding hydrogens is 1310 g/mol. The van der Waals surface area contributed by atoms with Crippen molar-refractivity contribution >= 4 is 39.5 Å². The lowest BCUT2D eigenvalue weighted by atomic mass is 10.1. The van der Waals surface area contributed by atoms with Crippen molar-refractivity contribution in [2.75, 3.05) is 39.6 Å². The van der Waals surface area contributed by atoms with Crippen LogP contribution in [0.2, 0.25) is 0 Å². The lowest BCUT2D eigenvalue weighted by Crippen LogP contribution is -2.30. The van der Waals surface area contributed by atoms with Gasteiger partial charge in [-0.05, 0) is 154 Å². The maximum atomic E-state index is 13.1. The molecule has 0 aliphatic heterocycles. The minimum atomic E-state index is -5.00. The minimum Gasteiger partial charge on any atom is -0.462 e. The molecule has 0 aromatic rings. The van der Waals surface area contributed by atoms with Gasteiger partial charge in [-0.25, -0.2) is 9.13 Å². The first-order valence-corrected chi connectivity index (χ1v) is 40.7. The molecule has 0 heterocycles. The summed E-state index contributed by atoms with van der Waals surface area (Å²) in [5, 5.41) is 10.6. The smallest absolute Gasteiger partial charge is 0.462 e. The fourth-order valence-corrected chi connectivity index (χ4v) is 10.9. The molecule has 0 bridgehead atoms. The number of hydrogen-bond acceptors (Lipinski definition) is 15. The monoisotopic (exact) mass is 1440 g/mol. The summed E-state index contributed by atoms with van der Waals surface area (Å²) in [4.78, 5) is 72.8. The Morgan fingerprint density at radius 2 is 0.530 bits per heavy atom. The first kappa shape index (κ1) is 94.7. The summed E-state index contributed by atoms with van der Waals surface area (Å²) < 4.78 is 68.4. The summed E-state index contributed by atoms with van der Waals surface area (Å²) in [6, 6.07) is 0. The highest BCUT2D eigenvalue weighted by molar-refractivity contribution is 7.47. The lowest BCUT2D eigenvalue weighted by Gasteiger charge is -2.21. The summed E-state index contributed by atoms with van der Waals surface area (Å²) in [7, 11) is -9.99. The number of esters is 4. The van der Waals surface area contributed by atoms with Crippen LogP contribution >= 0.6 is 15.6 Å². The molecule has 0 saturated heterocycles. The Labute approximate surface area is 604 Å². The number of unbranched alkanes of at least 4 members (excludes halogenated alkanes) is 17. The van der Waals surface area contributed by atoms with Crippen LogP contribution in [-0.4, -0.2) is 96.7 Å². The number of rotatable bonds is 69. The minimum absolute atomic E-state index is 0.0573. The highest BCUT2D eigenvalue weighted by Crippen LogP contribution is 2.45. The molecule has 0 spiro atoms. The van der Waals surface area contributed by atoms with Crippen LogP contribution in [0.1, 0.15) is 272 Å². The number of phosphoric ester groups is 2. The Hall–Kier alpha value is -5.32.